The molecule has 11 heteroatoms. The van der Waals surface area contributed by atoms with E-state index < -0.39 is 11.7 Å². The number of carbonyl (C=O) groups is 3. The fourth-order valence-electron chi connectivity index (χ4n) is 6.02. The Morgan fingerprint density at radius 1 is 1.05 bits per heavy atom. The second kappa shape index (κ2) is 11.8. The van der Waals surface area contributed by atoms with E-state index in [1.807, 2.05) is 54.5 Å². The molecule has 0 radical (unpaired) electrons. The van der Waals surface area contributed by atoms with Crippen LogP contribution in [0.25, 0.3) is 11.4 Å². The lowest BCUT2D eigenvalue weighted by Gasteiger charge is -2.45. The SMILES string of the molecule is CNC(=O)c1cccc(-c2nnc3n2CCN([C@H]2CC[C@@](CNC(=O)OC(C)(C)C)(c4cccc(Cl)c4)CC2)C3=O)c1. The van der Waals surface area contributed by atoms with E-state index in [0.717, 1.165) is 36.8 Å². The summed E-state index contributed by atoms with van der Waals surface area (Å²) in [6.07, 6.45) is 2.62. The molecule has 0 saturated heterocycles. The number of amides is 3. The number of rotatable bonds is 6. The molecule has 5 rings (SSSR count). The van der Waals surface area contributed by atoms with Crippen molar-refractivity contribution in [2.45, 2.75) is 70.1 Å². The molecule has 42 heavy (non-hydrogen) atoms. The molecule has 1 aliphatic heterocycles. The van der Waals surface area contributed by atoms with Gasteiger partial charge in [-0.1, -0.05) is 35.9 Å². The Morgan fingerprint density at radius 3 is 2.45 bits per heavy atom. The highest BCUT2D eigenvalue weighted by Crippen LogP contribution is 2.42. The Labute approximate surface area is 250 Å². The van der Waals surface area contributed by atoms with Gasteiger partial charge in [0.15, 0.2) is 5.82 Å². The summed E-state index contributed by atoms with van der Waals surface area (Å²) >= 11 is 6.37. The van der Waals surface area contributed by atoms with E-state index in [9.17, 15) is 14.4 Å². The van der Waals surface area contributed by atoms with Crippen LogP contribution in [0.15, 0.2) is 48.5 Å². The van der Waals surface area contributed by atoms with E-state index in [-0.39, 0.29) is 23.3 Å². The van der Waals surface area contributed by atoms with Crippen LogP contribution in [0.3, 0.4) is 0 Å². The van der Waals surface area contributed by atoms with Crippen LogP contribution < -0.4 is 10.6 Å². The zero-order valence-electron chi connectivity index (χ0n) is 24.4. The maximum Gasteiger partial charge on any atom is 0.407 e. The summed E-state index contributed by atoms with van der Waals surface area (Å²) in [5, 5.41) is 14.9. The van der Waals surface area contributed by atoms with Crippen molar-refractivity contribution in [3.05, 3.63) is 70.5 Å². The molecule has 1 saturated carbocycles. The Bertz CT molecular complexity index is 1490. The van der Waals surface area contributed by atoms with E-state index in [2.05, 4.69) is 26.9 Å². The molecule has 1 fully saturated rings. The van der Waals surface area contributed by atoms with E-state index >= 15 is 0 Å². The molecule has 2 N–H and O–H groups in total. The Morgan fingerprint density at radius 2 is 1.76 bits per heavy atom. The number of alkyl carbamates (subject to hydrolysis) is 1. The number of fused-ring (bicyclic) bond motifs is 1. The first kappa shape index (κ1) is 29.6. The Balaban J connectivity index is 1.31. The molecule has 0 atom stereocenters. The molecular weight excluding hydrogens is 556 g/mol. The minimum absolute atomic E-state index is 0.0387. The molecule has 0 bridgehead atoms. The van der Waals surface area contributed by atoms with Gasteiger partial charge in [0.2, 0.25) is 5.82 Å². The third-order valence-corrected chi connectivity index (χ3v) is 8.37. The topological polar surface area (TPSA) is 118 Å². The van der Waals surface area contributed by atoms with Crippen LogP contribution in [-0.4, -0.2) is 69.4 Å². The summed E-state index contributed by atoms with van der Waals surface area (Å²) in [6, 6.07) is 15.0. The molecule has 10 nitrogen and oxygen atoms in total. The summed E-state index contributed by atoms with van der Waals surface area (Å²) in [4.78, 5) is 40.2. The quantitative estimate of drug-likeness (QED) is 0.424. The van der Waals surface area contributed by atoms with Gasteiger partial charge in [0.1, 0.15) is 5.60 Å². The van der Waals surface area contributed by atoms with Crippen LogP contribution in [0.2, 0.25) is 5.02 Å². The van der Waals surface area contributed by atoms with Crippen molar-refractivity contribution in [2.24, 2.45) is 0 Å². The zero-order valence-corrected chi connectivity index (χ0v) is 25.2. The average molecular weight is 593 g/mol. The van der Waals surface area contributed by atoms with Crippen LogP contribution >= 0.6 is 11.6 Å². The van der Waals surface area contributed by atoms with Crippen LogP contribution in [0.1, 0.15) is 73.0 Å². The summed E-state index contributed by atoms with van der Waals surface area (Å²) in [7, 11) is 1.59. The number of hydrogen-bond acceptors (Lipinski definition) is 6. The lowest BCUT2D eigenvalue weighted by Crippen LogP contribution is -2.51. The van der Waals surface area contributed by atoms with Gasteiger partial charge in [0.05, 0.1) is 0 Å². The Hall–Kier alpha value is -3.92. The summed E-state index contributed by atoms with van der Waals surface area (Å²) in [5.74, 6) is 0.542. The highest BCUT2D eigenvalue weighted by Gasteiger charge is 2.42. The van der Waals surface area contributed by atoms with E-state index in [4.69, 9.17) is 16.3 Å². The minimum Gasteiger partial charge on any atom is -0.444 e. The van der Waals surface area contributed by atoms with Crippen molar-refractivity contribution < 1.29 is 19.1 Å². The van der Waals surface area contributed by atoms with Gasteiger partial charge < -0.3 is 24.8 Å². The largest absolute Gasteiger partial charge is 0.444 e. The van der Waals surface area contributed by atoms with Gasteiger partial charge in [-0.05, 0) is 76.3 Å². The molecule has 0 spiro atoms. The highest BCUT2D eigenvalue weighted by atomic mass is 35.5. The van der Waals surface area contributed by atoms with Crippen molar-refractivity contribution >= 4 is 29.5 Å². The predicted molar refractivity (Wildman–Crippen MR) is 160 cm³/mol. The second-order valence-corrected chi connectivity index (χ2v) is 12.5. The first-order valence-electron chi connectivity index (χ1n) is 14.3. The monoisotopic (exact) mass is 592 g/mol. The van der Waals surface area contributed by atoms with Crippen molar-refractivity contribution in [3.8, 4) is 11.4 Å². The van der Waals surface area contributed by atoms with Crippen molar-refractivity contribution in [2.75, 3.05) is 20.1 Å². The molecule has 0 unspecified atom stereocenters. The number of halogens is 1. The van der Waals surface area contributed by atoms with Crippen molar-refractivity contribution in [3.63, 3.8) is 0 Å². The highest BCUT2D eigenvalue weighted by molar-refractivity contribution is 6.30. The third-order valence-electron chi connectivity index (χ3n) is 8.14. The van der Waals surface area contributed by atoms with Gasteiger partial charge in [-0.2, -0.15) is 0 Å². The minimum atomic E-state index is -0.590. The van der Waals surface area contributed by atoms with Gasteiger partial charge >= 0.3 is 6.09 Å². The van der Waals surface area contributed by atoms with E-state index in [1.165, 1.54) is 0 Å². The average Bonchev–Trinajstić information content (AvgIpc) is 3.41. The smallest absolute Gasteiger partial charge is 0.407 e. The van der Waals surface area contributed by atoms with E-state index in [0.29, 0.717) is 41.9 Å². The van der Waals surface area contributed by atoms with Gasteiger partial charge in [0.25, 0.3) is 11.8 Å². The molecule has 3 aromatic rings. The van der Waals surface area contributed by atoms with Crippen LogP contribution in [0, 0.1) is 0 Å². The van der Waals surface area contributed by atoms with Gasteiger partial charge in [0, 0.05) is 54.3 Å². The number of hydrogen-bond donors (Lipinski definition) is 2. The maximum absolute atomic E-state index is 13.7. The van der Waals surface area contributed by atoms with Gasteiger partial charge in [-0.25, -0.2) is 4.79 Å². The molecule has 1 aromatic heterocycles. The summed E-state index contributed by atoms with van der Waals surface area (Å²) in [5.41, 5.74) is 1.39. The molecule has 1 aliphatic carbocycles. The van der Waals surface area contributed by atoms with Crippen LogP contribution in [-0.2, 0) is 16.7 Å². The summed E-state index contributed by atoms with van der Waals surface area (Å²) < 4.78 is 7.33. The van der Waals surface area contributed by atoms with E-state index in [1.54, 1.807) is 25.2 Å². The fraction of sp³-hybridized carbons (Fsp3) is 0.452. The third kappa shape index (κ3) is 6.13. The standard InChI is InChI=1S/C31H37ClN6O4/c1-30(2,3)42-29(41)34-19-31(22-9-6-10-23(32)18-22)13-11-24(12-14-31)37-15-16-38-25(35-36-26(38)28(37)40)20-7-5-8-21(17-20)27(39)33-4/h5-10,17-18,24H,11-16,19H2,1-4H3,(H,33,39)(H,34,41)/t24-,31+. The first-order valence-corrected chi connectivity index (χ1v) is 14.7. The molecule has 2 aliphatic rings. The molecule has 3 amide bonds. The van der Waals surface area contributed by atoms with Crippen molar-refractivity contribution in [1.29, 1.82) is 0 Å². The molecule has 2 aromatic carbocycles. The fourth-order valence-corrected chi connectivity index (χ4v) is 6.22. The lowest BCUT2D eigenvalue weighted by molar-refractivity contribution is 0.0470. The maximum atomic E-state index is 13.7. The zero-order chi connectivity index (χ0) is 30.1. The lowest BCUT2D eigenvalue weighted by atomic mass is 9.67. The number of ether oxygens (including phenoxy) is 1. The van der Waals surface area contributed by atoms with Crippen LogP contribution in [0.4, 0.5) is 4.79 Å². The molecule has 222 valence electrons. The molecule has 2 heterocycles. The van der Waals surface area contributed by atoms with Crippen LogP contribution in [0.5, 0.6) is 0 Å². The van der Waals surface area contributed by atoms with Crippen molar-refractivity contribution in [1.82, 2.24) is 30.3 Å². The van der Waals surface area contributed by atoms with Gasteiger partial charge in [-0.15, -0.1) is 10.2 Å². The number of benzene rings is 2. The second-order valence-electron chi connectivity index (χ2n) is 12.0. The predicted octanol–water partition coefficient (Wildman–Crippen LogP) is 4.82. The summed E-state index contributed by atoms with van der Waals surface area (Å²) in [6.45, 7) is 7.03. The first-order chi connectivity index (χ1) is 20.0. The number of nitrogens with one attached hydrogen (secondary N) is 2. The normalized spacial score (nSPS) is 20.5. The number of nitrogens with zero attached hydrogens (tertiary/aromatic N) is 4. The van der Waals surface area contributed by atoms with Gasteiger partial charge in [-0.3, -0.25) is 9.59 Å². The number of aromatic nitrogens is 3. The Kier molecular flexibility index (Phi) is 8.28. The number of carbonyl (C=O) groups excluding carboxylic acids is 3. The molecular formula is C31H37ClN6O4.